The minimum absolute atomic E-state index is 0.136. The van der Waals surface area contributed by atoms with Crippen molar-refractivity contribution in [3.8, 4) is 5.75 Å². The summed E-state index contributed by atoms with van der Waals surface area (Å²) in [5.74, 6) is 0.918. The van der Waals surface area contributed by atoms with Crippen LogP contribution in [0.3, 0.4) is 0 Å². The van der Waals surface area contributed by atoms with E-state index in [1.54, 1.807) is 30.4 Å². The summed E-state index contributed by atoms with van der Waals surface area (Å²) in [4.78, 5) is 13.1. The van der Waals surface area contributed by atoms with Crippen molar-refractivity contribution in [2.75, 3.05) is 0 Å². The molecule has 0 spiro atoms. The van der Waals surface area contributed by atoms with Crippen molar-refractivity contribution in [1.82, 2.24) is 10.5 Å². The van der Waals surface area contributed by atoms with Crippen molar-refractivity contribution in [3.05, 3.63) is 63.5 Å². The van der Waals surface area contributed by atoms with Crippen molar-refractivity contribution in [2.45, 2.75) is 75.3 Å². The average molecular weight is 521 g/mol. The van der Waals surface area contributed by atoms with Gasteiger partial charge in [0.15, 0.2) is 6.10 Å². The molecule has 0 bridgehead atoms. The molecule has 2 N–H and O–H groups in total. The molecule has 6 nitrogen and oxygen atoms in total. The van der Waals surface area contributed by atoms with Crippen molar-refractivity contribution < 1.29 is 23.6 Å². The summed E-state index contributed by atoms with van der Waals surface area (Å²) in [5, 5.41) is 18.5. The maximum atomic E-state index is 14.6. The average Bonchev–Trinajstić information content (AvgIpc) is 3.26. The Bertz CT molecular complexity index is 1200. The Labute approximate surface area is 213 Å². The quantitative estimate of drug-likeness (QED) is 0.501. The summed E-state index contributed by atoms with van der Waals surface area (Å²) in [6.45, 7) is 1.45. The molecule has 0 saturated heterocycles. The number of nitrogens with zero attached hydrogens (tertiary/aromatic N) is 1. The van der Waals surface area contributed by atoms with E-state index in [9.17, 15) is 14.3 Å². The molecule has 1 aromatic heterocycles. The molecule has 1 fully saturated rings. The van der Waals surface area contributed by atoms with Gasteiger partial charge >= 0.3 is 0 Å². The molecule has 2 aliphatic carbocycles. The lowest BCUT2D eigenvalue weighted by Crippen LogP contribution is -2.57. The van der Waals surface area contributed by atoms with Crippen LogP contribution in [0.5, 0.6) is 5.75 Å². The van der Waals surface area contributed by atoms with Gasteiger partial charge in [-0.25, -0.2) is 4.39 Å². The zero-order valence-electron chi connectivity index (χ0n) is 19.3. The topological polar surface area (TPSA) is 84.6 Å². The summed E-state index contributed by atoms with van der Waals surface area (Å²) in [6.07, 6.45) is 6.04. The molecule has 1 aromatic carbocycles. The van der Waals surface area contributed by atoms with E-state index in [-0.39, 0.29) is 29.3 Å². The fourth-order valence-corrected chi connectivity index (χ4v) is 5.24. The summed E-state index contributed by atoms with van der Waals surface area (Å²) in [6, 6.07) is 6.84. The number of nitrogens with one attached hydrogen (secondary N) is 1. The zero-order chi connectivity index (χ0) is 24.8. The SMILES string of the molecule is CC1(F)CC(c2cc(CCC3(NC(=O)[C@@H]4C[C@@H](O)c5cc(Cl)ccc5O4)CCC3)on2)=CC=C1Cl. The molecule has 1 unspecified atom stereocenters. The Balaban J connectivity index is 1.21. The molecule has 1 amide bonds. The van der Waals surface area contributed by atoms with Gasteiger partial charge in [0.2, 0.25) is 0 Å². The van der Waals surface area contributed by atoms with Crippen molar-refractivity contribution in [2.24, 2.45) is 0 Å². The maximum Gasteiger partial charge on any atom is 0.261 e. The van der Waals surface area contributed by atoms with Gasteiger partial charge in [-0.15, -0.1) is 0 Å². The molecule has 1 aliphatic heterocycles. The Morgan fingerprint density at radius 3 is 2.80 bits per heavy atom. The minimum Gasteiger partial charge on any atom is -0.480 e. The van der Waals surface area contributed by atoms with Crippen LogP contribution >= 0.6 is 23.2 Å². The number of ether oxygens (including phenoxy) is 1. The number of fused-ring (bicyclic) bond motifs is 1. The third-order valence-corrected chi connectivity index (χ3v) is 7.97. The predicted octanol–water partition coefficient (Wildman–Crippen LogP) is 5.82. The van der Waals surface area contributed by atoms with Gasteiger partial charge in [0.1, 0.15) is 22.9 Å². The monoisotopic (exact) mass is 520 g/mol. The lowest BCUT2D eigenvalue weighted by Gasteiger charge is -2.43. The zero-order valence-corrected chi connectivity index (χ0v) is 20.8. The summed E-state index contributed by atoms with van der Waals surface area (Å²) >= 11 is 12.0. The molecule has 1 saturated carbocycles. The molecule has 2 heterocycles. The Morgan fingerprint density at radius 1 is 1.29 bits per heavy atom. The van der Waals surface area contributed by atoms with Crippen LogP contribution in [0.25, 0.3) is 5.57 Å². The number of alkyl halides is 1. The van der Waals surface area contributed by atoms with E-state index in [2.05, 4.69) is 10.5 Å². The standard InChI is InChI=1S/C26H27Cl2FN2O4/c1-25(29)14-15(3-6-23(25)28)19-12-17(35-31-19)7-10-26(8-2-9-26)30-24(33)22-13-20(32)18-11-16(27)4-5-21(18)34-22/h3-6,11-12,20,22,32H,2,7-10,13-14H2,1H3,(H,30,33)/t20-,22+,25?/m1/s1. The molecule has 9 heteroatoms. The van der Waals surface area contributed by atoms with Crippen LogP contribution < -0.4 is 10.1 Å². The van der Waals surface area contributed by atoms with Crippen LogP contribution in [0.1, 0.15) is 68.6 Å². The first kappa shape index (κ1) is 24.3. The molecule has 0 radical (unpaired) electrons. The van der Waals surface area contributed by atoms with Gasteiger partial charge in [-0.2, -0.15) is 0 Å². The molecule has 3 atom stereocenters. The smallest absolute Gasteiger partial charge is 0.261 e. The summed E-state index contributed by atoms with van der Waals surface area (Å²) < 4.78 is 26.0. The lowest BCUT2D eigenvalue weighted by molar-refractivity contribution is -0.133. The van der Waals surface area contributed by atoms with E-state index in [0.717, 1.165) is 24.8 Å². The number of aliphatic hydroxyl groups excluding tert-OH is 1. The van der Waals surface area contributed by atoms with Crippen LogP contribution in [0.2, 0.25) is 5.02 Å². The van der Waals surface area contributed by atoms with Gasteiger partial charge in [0.25, 0.3) is 5.91 Å². The Hall–Kier alpha value is -2.35. The normalized spacial score (nSPS) is 27.1. The highest BCUT2D eigenvalue weighted by molar-refractivity contribution is 6.31. The number of halogens is 3. The Morgan fingerprint density at radius 2 is 2.09 bits per heavy atom. The molecule has 3 aliphatic rings. The van der Waals surface area contributed by atoms with Gasteiger partial charge in [-0.1, -0.05) is 34.4 Å². The van der Waals surface area contributed by atoms with Gasteiger partial charge in [-0.3, -0.25) is 4.79 Å². The second kappa shape index (κ2) is 9.26. The van der Waals surface area contributed by atoms with E-state index in [4.69, 9.17) is 32.5 Å². The van der Waals surface area contributed by atoms with Gasteiger partial charge in [0.05, 0.1) is 11.1 Å². The van der Waals surface area contributed by atoms with E-state index in [1.165, 1.54) is 6.92 Å². The number of carbonyl (C=O) groups excluding carboxylic acids is 1. The number of hydrogen-bond acceptors (Lipinski definition) is 5. The first-order valence-electron chi connectivity index (χ1n) is 11.8. The fourth-order valence-electron chi connectivity index (χ4n) is 4.93. The van der Waals surface area contributed by atoms with Crippen molar-refractivity contribution in [1.29, 1.82) is 0 Å². The highest BCUT2D eigenvalue weighted by Gasteiger charge is 2.41. The van der Waals surface area contributed by atoms with E-state index in [1.807, 2.05) is 6.07 Å². The second-order valence-corrected chi connectivity index (χ2v) is 10.8. The molecular weight excluding hydrogens is 494 g/mol. The largest absolute Gasteiger partial charge is 0.480 e. The minimum atomic E-state index is -1.62. The molecule has 2 aromatic rings. The number of aliphatic hydroxyl groups is 1. The number of carbonyl (C=O) groups is 1. The highest BCUT2D eigenvalue weighted by atomic mass is 35.5. The lowest BCUT2D eigenvalue weighted by atomic mass is 9.73. The Kier molecular flexibility index (Phi) is 6.45. The highest BCUT2D eigenvalue weighted by Crippen LogP contribution is 2.41. The maximum absolute atomic E-state index is 14.6. The fraction of sp³-hybridized carbons (Fsp3) is 0.462. The van der Waals surface area contributed by atoms with Crippen LogP contribution in [0.4, 0.5) is 4.39 Å². The summed E-state index contributed by atoms with van der Waals surface area (Å²) in [7, 11) is 0. The number of rotatable bonds is 6. The van der Waals surface area contributed by atoms with Crippen molar-refractivity contribution in [3.63, 3.8) is 0 Å². The van der Waals surface area contributed by atoms with Crippen LogP contribution in [-0.2, 0) is 11.2 Å². The first-order valence-corrected chi connectivity index (χ1v) is 12.6. The number of hydrogen-bond donors (Lipinski definition) is 2. The second-order valence-electron chi connectivity index (χ2n) is 9.92. The number of aromatic nitrogens is 1. The third-order valence-electron chi connectivity index (χ3n) is 7.22. The molecular formula is C26H27Cl2FN2O4. The number of benzene rings is 1. The van der Waals surface area contributed by atoms with Gasteiger partial charge in [0, 0.05) is 41.5 Å². The first-order chi connectivity index (χ1) is 16.6. The third kappa shape index (κ3) is 4.99. The molecule has 186 valence electrons. The van der Waals surface area contributed by atoms with Crippen LogP contribution in [0.15, 0.2) is 46.0 Å². The number of allylic oxidation sites excluding steroid dienone is 4. The van der Waals surface area contributed by atoms with E-state index >= 15 is 0 Å². The molecule has 35 heavy (non-hydrogen) atoms. The number of amides is 1. The number of aryl methyl sites for hydroxylation is 1. The van der Waals surface area contributed by atoms with Crippen LogP contribution in [-0.4, -0.2) is 33.5 Å². The summed E-state index contributed by atoms with van der Waals surface area (Å²) in [5.41, 5.74) is -0.0433. The molecule has 5 rings (SSSR count). The van der Waals surface area contributed by atoms with Gasteiger partial charge in [-0.05, 0) is 62.5 Å². The van der Waals surface area contributed by atoms with Crippen LogP contribution in [0, 0.1) is 0 Å². The van der Waals surface area contributed by atoms with E-state index in [0.29, 0.717) is 40.6 Å². The van der Waals surface area contributed by atoms with Crippen molar-refractivity contribution >= 4 is 34.7 Å². The van der Waals surface area contributed by atoms with E-state index < -0.39 is 17.9 Å². The predicted molar refractivity (Wildman–Crippen MR) is 131 cm³/mol. The van der Waals surface area contributed by atoms with Gasteiger partial charge < -0.3 is 19.7 Å².